The molecule has 1 N–H and O–H groups in total. The van der Waals surface area contributed by atoms with Gasteiger partial charge in [-0.15, -0.1) is 0 Å². The van der Waals surface area contributed by atoms with Crippen molar-refractivity contribution in [2.24, 2.45) is 0 Å². The second-order valence-corrected chi connectivity index (χ2v) is 6.26. The Morgan fingerprint density at radius 3 is 2.55 bits per heavy atom. The van der Waals surface area contributed by atoms with Gasteiger partial charge in [-0.25, -0.2) is 0 Å². The SMILES string of the molecule is CCc1nc(CN2CCN(C(=O)C3(O)CCCC3)CC2)no1. The summed E-state index contributed by atoms with van der Waals surface area (Å²) in [7, 11) is 0. The van der Waals surface area contributed by atoms with Gasteiger partial charge in [0.15, 0.2) is 5.82 Å². The zero-order chi connectivity index (χ0) is 15.6. The van der Waals surface area contributed by atoms with E-state index in [0.29, 0.717) is 44.2 Å². The number of aromatic nitrogens is 2. The van der Waals surface area contributed by atoms with Gasteiger partial charge in [-0.2, -0.15) is 4.98 Å². The summed E-state index contributed by atoms with van der Waals surface area (Å²) in [4.78, 5) is 20.8. The Morgan fingerprint density at radius 2 is 1.95 bits per heavy atom. The fourth-order valence-corrected chi connectivity index (χ4v) is 3.28. The van der Waals surface area contributed by atoms with Gasteiger partial charge in [-0.05, 0) is 25.7 Å². The van der Waals surface area contributed by atoms with Gasteiger partial charge in [0.1, 0.15) is 5.60 Å². The van der Waals surface area contributed by atoms with Crippen molar-refractivity contribution in [2.45, 2.75) is 51.2 Å². The molecule has 1 aliphatic heterocycles. The Kier molecular flexibility index (Phi) is 4.44. The van der Waals surface area contributed by atoms with E-state index in [9.17, 15) is 9.90 Å². The van der Waals surface area contributed by atoms with E-state index in [1.807, 2.05) is 6.92 Å². The summed E-state index contributed by atoms with van der Waals surface area (Å²) in [5, 5.41) is 14.4. The van der Waals surface area contributed by atoms with Crippen molar-refractivity contribution in [3.8, 4) is 0 Å². The van der Waals surface area contributed by atoms with E-state index in [4.69, 9.17) is 4.52 Å². The summed E-state index contributed by atoms with van der Waals surface area (Å²) >= 11 is 0. The van der Waals surface area contributed by atoms with Crippen LogP contribution in [0.2, 0.25) is 0 Å². The molecule has 1 saturated heterocycles. The number of aryl methyl sites for hydroxylation is 1. The van der Waals surface area contributed by atoms with Crippen molar-refractivity contribution in [2.75, 3.05) is 26.2 Å². The van der Waals surface area contributed by atoms with Crippen molar-refractivity contribution < 1.29 is 14.4 Å². The number of hydrogen-bond acceptors (Lipinski definition) is 6. The van der Waals surface area contributed by atoms with Gasteiger partial charge < -0.3 is 14.5 Å². The molecule has 2 heterocycles. The normalized spacial score (nSPS) is 22.2. The Bertz CT molecular complexity index is 517. The molecule has 0 atom stereocenters. The van der Waals surface area contributed by atoms with E-state index in [1.165, 1.54) is 0 Å². The molecule has 7 nitrogen and oxygen atoms in total. The molecule has 2 aliphatic rings. The zero-order valence-corrected chi connectivity index (χ0v) is 13.1. The third-order valence-electron chi connectivity index (χ3n) is 4.67. The number of carbonyl (C=O) groups excluding carboxylic acids is 1. The fraction of sp³-hybridized carbons (Fsp3) is 0.800. The van der Waals surface area contributed by atoms with Crippen molar-refractivity contribution >= 4 is 5.91 Å². The fourth-order valence-electron chi connectivity index (χ4n) is 3.28. The number of hydrogen-bond donors (Lipinski definition) is 1. The van der Waals surface area contributed by atoms with Crippen LogP contribution in [0.5, 0.6) is 0 Å². The molecule has 1 saturated carbocycles. The Hall–Kier alpha value is -1.47. The standard InChI is InChI=1S/C15H24N4O3/c1-2-13-16-12(17-22-13)11-18-7-9-19(10-8-18)14(20)15(21)5-3-4-6-15/h21H,2-11H2,1H3. The molecule has 22 heavy (non-hydrogen) atoms. The number of carbonyl (C=O) groups is 1. The van der Waals surface area contributed by atoms with Gasteiger partial charge >= 0.3 is 0 Å². The van der Waals surface area contributed by atoms with E-state index in [-0.39, 0.29) is 5.91 Å². The molecule has 1 aliphatic carbocycles. The maximum atomic E-state index is 12.4. The molecular weight excluding hydrogens is 284 g/mol. The molecule has 7 heteroatoms. The van der Waals surface area contributed by atoms with Crippen LogP contribution in [-0.2, 0) is 17.8 Å². The highest BCUT2D eigenvalue weighted by molar-refractivity contribution is 5.85. The smallest absolute Gasteiger partial charge is 0.254 e. The minimum absolute atomic E-state index is 0.0857. The van der Waals surface area contributed by atoms with Gasteiger partial charge in [0.2, 0.25) is 5.89 Å². The van der Waals surface area contributed by atoms with E-state index in [2.05, 4.69) is 15.0 Å². The summed E-state index contributed by atoms with van der Waals surface area (Å²) in [6, 6.07) is 0. The van der Waals surface area contributed by atoms with Crippen LogP contribution >= 0.6 is 0 Å². The minimum atomic E-state index is -1.11. The second kappa shape index (κ2) is 6.34. The third kappa shape index (κ3) is 3.15. The lowest BCUT2D eigenvalue weighted by molar-refractivity contribution is -0.152. The Labute approximate surface area is 130 Å². The number of rotatable bonds is 4. The average Bonchev–Trinajstić information content (AvgIpc) is 3.17. The highest BCUT2D eigenvalue weighted by atomic mass is 16.5. The number of aliphatic hydroxyl groups is 1. The lowest BCUT2D eigenvalue weighted by Gasteiger charge is -2.37. The summed E-state index contributed by atoms with van der Waals surface area (Å²) in [6.07, 6.45) is 3.84. The average molecular weight is 308 g/mol. The van der Waals surface area contributed by atoms with Crippen LogP contribution in [0.3, 0.4) is 0 Å². The summed E-state index contributed by atoms with van der Waals surface area (Å²) in [5.74, 6) is 1.27. The first-order chi connectivity index (χ1) is 10.6. The van der Waals surface area contributed by atoms with E-state index < -0.39 is 5.60 Å². The summed E-state index contributed by atoms with van der Waals surface area (Å²) in [5.41, 5.74) is -1.11. The summed E-state index contributed by atoms with van der Waals surface area (Å²) in [6.45, 7) is 5.49. The van der Waals surface area contributed by atoms with Gasteiger partial charge in [-0.3, -0.25) is 9.69 Å². The molecule has 0 unspecified atom stereocenters. The molecule has 1 aromatic rings. The minimum Gasteiger partial charge on any atom is -0.380 e. The van der Waals surface area contributed by atoms with Gasteiger partial charge in [0, 0.05) is 32.6 Å². The predicted molar refractivity (Wildman–Crippen MR) is 79.0 cm³/mol. The molecule has 2 fully saturated rings. The van der Waals surface area contributed by atoms with E-state index in [1.54, 1.807) is 4.90 Å². The van der Waals surface area contributed by atoms with Crippen LogP contribution in [0, 0.1) is 0 Å². The van der Waals surface area contributed by atoms with E-state index >= 15 is 0 Å². The molecule has 0 bridgehead atoms. The lowest BCUT2D eigenvalue weighted by atomic mass is 10.00. The molecular formula is C15H24N4O3. The first-order valence-corrected chi connectivity index (χ1v) is 8.16. The maximum Gasteiger partial charge on any atom is 0.254 e. The topological polar surface area (TPSA) is 82.7 Å². The van der Waals surface area contributed by atoms with Gasteiger partial charge in [0.25, 0.3) is 5.91 Å². The van der Waals surface area contributed by atoms with Crippen LogP contribution in [-0.4, -0.2) is 62.7 Å². The van der Waals surface area contributed by atoms with Gasteiger partial charge in [0.05, 0.1) is 6.54 Å². The molecule has 3 rings (SSSR count). The van der Waals surface area contributed by atoms with Crippen LogP contribution in [0.25, 0.3) is 0 Å². The molecule has 1 aromatic heterocycles. The Balaban J connectivity index is 1.50. The monoisotopic (exact) mass is 308 g/mol. The third-order valence-corrected chi connectivity index (χ3v) is 4.67. The van der Waals surface area contributed by atoms with Gasteiger partial charge in [-0.1, -0.05) is 12.1 Å². The molecule has 0 radical (unpaired) electrons. The van der Waals surface area contributed by atoms with Crippen molar-refractivity contribution in [1.82, 2.24) is 19.9 Å². The van der Waals surface area contributed by atoms with Crippen LogP contribution < -0.4 is 0 Å². The van der Waals surface area contributed by atoms with E-state index in [0.717, 1.165) is 32.4 Å². The number of amides is 1. The van der Waals surface area contributed by atoms with Crippen LogP contribution in [0.15, 0.2) is 4.52 Å². The highest BCUT2D eigenvalue weighted by Crippen LogP contribution is 2.31. The van der Waals surface area contributed by atoms with Crippen molar-refractivity contribution in [3.63, 3.8) is 0 Å². The molecule has 0 aromatic carbocycles. The van der Waals surface area contributed by atoms with Crippen LogP contribution in [0.4, 0.5) is 0 Å². The lowest BCUT2D eigenvalue weighted by Crippen LogP contribution is -2.54. The number of nitrogens with zero attached hydrogens (tertiary/aromatic N) is 4. The first kappa shape index (κ1) is 15.4. The molecule has 0 spiro atoms. The largest absolute Gasteiger partial charge is 0.380 e. The quantitative estimate of drug-likeness (QED) is 0.876. The zero-order valence-electron chi connectivity index (χ0n) is 13.1. The first-order valence-electron chi connectivity index (χ1n) is 8.16. The summed E-state index contributed by atoms with van der Waals surface area (Å²) < 4.78 is 5.11. The second-order valence-electron chi connectivity index (χ2n) is 6.26. The van der Waals surface area contributed by atoms with Crippen LogP contribution in [0.1, 0.15) is 44.3 Å². The predicted octanol–water partition coefficient (Wildman–Crippen LogP) is 0.581. The number of piperazine rings is 1. The Morgan fingerprint density at radius 1 is 1.27 bits per heavy atom. The van der Waals surface area contributed by atoms with Crippen molar-refractivity contribution in [1.29, 1.82) is 0 Å². The molecule has 122 valence electrons. The molecule has 1 amide bonds. The maximum absolute atomic E-state index is 12.4. The highest BCUT2D eigenvalue weighted by Gasteiger charge is 2.42. The van der Waals surface area contributed by atoms with Crippen molar-refractivity contribution in [3.05, 3.63) is 11.7 Å².